The van der Waals surface area contributed by atoms with Gasteiger partial charge in [0.1, 0.15) is 5.52 Å². The van der Waals surface area contributed by atoms with Gasteiger partial charge in [-0.05, 0) is 46.2 Å². The number of rotatable bonds is 6. The quantitative estimate of drug-likeness (QED) is 0.503. The van der Waals surface area contributed by atoms with Crippen LogP contribution in [0.25, 0.3) is 22.2 Å². The summed E-state index contributed by atoms with van der Waals surface area (Å²) in [5, 5.41) is 7.53. The number of para-hydroxylation sites is 2. The van der Waals surface area contributed by atoms with E-state index in [0.717, 1.165) is 27.8 Å². The summed E-state index contributed by atoms with van der Waals surface area (Å²) < 4.78 is 5.60. The average Bonchev–Trinajstić information content (AvgIpc) is 3.34. The molecule has 0 atom stereocenters. The molecule has 0 fully saturated rings. The Kier molecular flexibility index (Phi) is 4.99. The second-order valence-electron chi connectivity index (χ2n) is 5.61. The molecule has 4 rings (SSSR count). The van der Waals surface area contributed by atoms with E-state index in [1.807, 2.05) is 41.9 Å². The van der Waals surface area contributed by atoms with Gasteiger partial charge in [-0.1, -0.05) is 23.9 Å². The van der Waals surface area contributed by atoms with Crippen LogP contribution in [0.2, 0.25) is 0 Å². The van der Waals surface area contributed by atoms with Crippen LogP contribution in [0.3, 0.4) is 0 Å². The summed E-state index contributed by atoms with van der Waals surface area (Å²) in [6, 6.07) is 11.7. The lowest BCUT2D eigenvalue weighted by Crippen LogP contribution is -2.24. The number of hydrogen-bond acceptors (Lipinski definition) is 6. The first kappa shape index (κ1) is 16.8. The Labute approximate surface area is 158 Å². The smallest absolute Gasteiger partial charge is 0.257 e. The number of thioether (sulfide) groups is 1. The fourth-order valence-corrected chi connectivity index (χ4v) is 3.80. The van der Waals surface area contributed by atoms with Crippen molar-refractivity contribution < 1.29 is 9.21 Å². The Hall–Kier alpha value is -2.64. The lowest BCUT2D eigenvalue weighted by molar-refractivity contribution is -0.118. The number of nitrogens with zero attached hydrogens (tertiary/aromatic N) is 2. The summed E-state index contributed by atoms with van der Waals surface area (Å²) in [5.74, 6) is 0.183. The minimum atomic E-state index is -0.0711. The van der Waals surface area contributed by atoms with Crippen molar-refractivity contribution in [2.45, 2.75) is 11.8 Å². The largest absolute Gasteiger partial charge is 0.431 e. The molecule has 0 bridgehead atoms. The first-order chi connectivity index (χ1) is 12.8. The van der Waals surface area contributed by atoms with Gasteiger partial charge < -0.3 is 9.73 Å². The van der Waals surface area contributed by atoms with E-state index in [1.54, 1.807) is 17.5 Å². The van der Waals surface area contributed by atoms with Crippen molar-refractivity contribution in [2.75, 3.05) is 5.75 Å². The number of fused-ring (bicyclic) bond motifs is 1. The highest BCUT2D eigenvalue weighted by atomic mass is 32.2. The van der Waals surface area contributed by atoms with Crippen LogP contribution in [0.1, 0.15) is 5.56 Å². The third-order valence-corrected chi connectivity index (χ3v) is 5.25. The summed E-state index contributed by atoms with van der Waals surface area (Å²) in [4.78, 5) is 20.7. The molecule has 1 amide bonds. The molecule has 26 heavy (non-hydrogen) atoms. The van der Waals surface area contributed by atoms with Crippen LogP contribution in [0, 0.1) is 0 Å². The fourth-order valence-electron chi connectivity index (χ4n) is 2.46. The maximum Gasteiger partial charge on any atom is 0.257 e. The number of carbonyl (C=O) groups is 1. The highest BCUT2D eigenvalue weighted by Gasteiger charge is 2.09. The van der Waals surface area contributed by atoms with Crippen molar-refractivity contribution in [2.24, 2.45) is 0 Å². The second kappa shape index (κ2) is 7.72. The van der Waals surface area contributed by atoms with Crippen LogP contribution in [0.15, 0.2) is 69.2 Å². The van der Waals surface area contributed by atoms with Crippen LogP contribution in [-0.4, -0.2) is 21.6 Å². The van der Waals surface area contributed by atoms with Crippen LogP contribution in [0.5, 0.6) is 0 Å². The van der Waals surface area contributed by atoms with E-state index in [4.69, 9.17) is 4.42 Å². The van der Waals surface area contributed by atoms with Gasteiger partial charge in [-0.15, -0.1) is 0 Å². The van der Waals surface area contributed by atoms with Gasteiger partial charge in [0.15, 0.2) is 5.58 Å². The lowest BCUT2D eigenvalue weighted by atomic mass is 10.1. The zero-order valence-corrected chi connectivity index (χ0v) is 15.3. The van der Waals surface area contributed by atoms with Gasteiger partial charge in [-0.25, -0.2) is 4.98 Å². The van der Waals surface area contributed by atoms with Gasteiger partial charge >= 0.3 is 0 Å². The summed E-state index contributed by atoms with van der Waals surface area (Å²) in [5.41, 5.74) is 4.69. The first-order valence-corrected chi connectivity index (χ1v) is 9.92. The third-order valence-electron chi connectivity index (χ3n) is 3.74. The van der Waals surface area contributed by atoms with E-state index in [9.17, 15) is 4.79 Å². The standard InChI is InChI=1S/C19H15N3O2S2/c23-18(12-26-19-22-16-3-1-2-4-17(16)24-19)21-9-13-7-15(10-20-8-13)14-5-6-25-11-14/h1-8,10-11H,9,12H2,(H,21,23). The number of thiophene rings is 1. The third kappa shape index (κ3) is 3.95. The molecule has 7 heteroatoms. The van der Waals surface area contributed by atoms with Crippen molar-refractivity contribution in [1.82, 2.24) is 15.3 Å². The number of hydrogen-bond donors (Lipinski definition) is 1. The van der Waals surface area contributed by atoms with Gasteiger partial charge in [-0.2, -0.15) is 11.3 Å². The monoisotopic (exact) mass is 381 g/mol. The molecule has 130 valence electrons. The van der Waals surface area contributed by atoms with Gasteiger partial charge in [-0.3, -0.25) is 9.78 Å². The Bertz CT molecular complexity index is 995. The van der Waals surface area contributed by atoms with Gasteiger partial charge in [0, 0.05) is 24.5 Å². The number of pyridine rings is 1. The number of carbonyl (C=O) groups excluding carboxylic acids is 1. The molecule has 3 aromatic heterocycles. The molecular formula is C19H15N3O2S2. The highest BCUT2D eigenvalue weighted by molar-refractivity contribution is 7.99. The summed E-state index contributed by atoms with van der Waals surface area (Å²) in [6.45, 7) is 0.442. The SMILES string of the molecule is O=C(CSc1nc2ccccc2o1)NCc1cncc(-c2ccsc2)c1. The zero-order valence-electron chi connectivity index (χ0n) is 13.7. The molecule has 4 aromatic rings. The molecule has 5 nitrogen and oxygen atoms in total. The van der Waals surface area contributed by atoms with E-state index < -0.39 is 0 Å². The van der Waals surface area contributed by atoms with Crippen molar-refractivity contribution in [1.29, 1.82) is 0 Å². The number of amides is 1. The Morgan fingerprint density at radius 2 is 2.12 bits per heavy atom. The summed E-state index contributed by atoms with van der Waals surface area (Å²) in [7, 11) is 0. The molecule has 0 aliphatic rings. The van der Waals surface area contributed by atoms with Crippen LogP contribution >= 0.6 is 23.1 Å². The van der Waals surface area contributed by atoms with E-state index in [0.29, 0.717) is 11.8 Å². The predicted molar refractivity (Wildman–Crippen MR) is 104 cm³/mol. The molecular weight excluding hydrogens is 366 g/mol. The Balaban J connectivity index is 1.32. The van der Waals surface area contributed by atoms with Gasteiger partial charge in [0.25, 0.3) is 5.22 Å². The van der Waals surface area contributed by atoms with Crippen molar-refractivity contribution in [3.63, 3.8) is 0 Å². The average molecular weight is 381 g/mol. The van der Waals surface area contributed by atoms with Crippen LogP contribution in [-0.2, 0) is 11.3 Å². The molecule has 0 aliphatic heterocycles. The number of nitrogens with one attached hydrogen (secondary N) is 1. The number of benzene rings is 1. The molecule has 0 radical (unpaired) electrons. The Morgan fingerprint density at radius 3 is 2.96 bits per heavy atom. The zero-order chi connectivity index (χ0) is 17.8. The van der Waals surface area contributed by atoms with E-state index in [-0.39, 0.29) is 11.7 Å². The lowest BCUT2D eigenvalue weighted by Gasteiger charge is -2.05. The predicted octanol–water partition coefficient (Wildman–Crippen LogP) is 4.36. The molecule has 0 aliphatic carbocycles. The first-order valence-electron chi connectivity index (χ1n) is 7.99. The second-order valence-corrected chi connectivity index (χ2v) is 7.31. The van der Waals surface area contributed by atoms with Crippen molar-refractivity contribution in [3.05, 3.63) is 65.1 Å². The minimum Gasteiger partial charge on any atom is -0.431 e. The maximum atomic E-state index is 12.1. The van der Waals surface area contributed by atoms with E-state index in [2.05, 4.69) is 26.7 Å². The van der Waals surface area contributed by atoms with Crippen molar-refractivity contribution >= 4 is 40.1 Å². The van der Waals surface area contributed by atoms with Gasteiger partial charge in [0.2, 0.25) is 5.91 Å². The molecule has 0 unspecified atom stereocenters. The highest BCUT2D eigenvalue weighted by Crippen LogP contribution is 2.23. The summed E-state index contributed by atoms with van der Waals surface area (Å²) >= 11 is 2.94. The molecule has 3 heterocycles. The van der Waals surface area contributed by atoms with Crippen LogP contribution in [0.4, 0.5) is 0 Å². The molecule has 0 spiro atoms. The van der Waals surface area contributed by atoms with Crippen LogP contribution < -0.4 is 5.32 Å². The Morgan fingerprint density at radius 1 is 1.19 bits per heavy atom. The normalized spacial score (nSPS) is 10.9. The number of aromatic nitrogens is 2. The van der Waals surface area contributed by atoms with E-state index in [1.165, 1.54) is 11.8 Å². The topological polar surface area (TPSA) is 68.0 Å². The molecule has 0 saturated heterocycles. The van der Waals surface area contributed by atoms with Crippen molar-refractivity contribution in [3.8, 4) is 11.1 Å². The summed E-state index contributed by atoms with van der Waals surface area (Å²) in [6.07, 6.45) is 3.60. The number of oxazole rings is 1. The maximum absolute atomic E-state index is 12.1. The van der Waals surface area contributed by atoms with E-state index >= 15 is 0 Å². The van der Waals surface area contributed by atoms with Gasteiger partial charge in [0.05, 0.1) is 5.75 Å². The molecule has 0 saturated carbocycles. The molecule has 1 aromatic carbocycles. The minimum absolute atomic E-state index is 0.0711. The molecule has 1 N–H and O–H groups in total. The fraction of sp³-hybridized carbons (Fsp3) is 0.105.